The van der Waals surface area contributed by atoms with Gasteiger partial charge < -0.3 is 50.3 Å². The third-order valence-electron chi connectivity index (χ3n) is 3.91. The molecule has 15 heteroatoms. The van der Waals surface area contributed by atoms with Crippen LogP contribution in [0.2, 0.25) is 0 Å². The van der Waals surface area contributed by atoms with Gasteiger partial charge in [0.1, 0.15) is 6.04 Å². The van der Waals surface area contributed by atoms with Crippen LogP contribution in [0.15, 0.2) is 0 Å². The van der Waals surface area contributed by atoms with Crippen molar-refractivity contribution in [3.8, 4) is 0 Å². The highest BCUT2D eigenvalue weighted by atomic mass is 32.1. The van der Waals surface area contributed by atoms with Crippen LogP contribution in [0, 0.1) is 0 Å². The number of primary amides is 1. The number of carbonyl (C=O) groups is 3. The fourth-order valence-corrected chi connectivity index (χ4v) is 2.26. The number of ether oxygens (including phenoxy) is 6. The third kappa shape index (κ3) is 29.0. The van der Waals surface area contributed by atoms with Crippen LogP contribution in [0.25, 0.3) is 0 Å². The van der Waals surface area contributed by atoms with Crippen molar-refractivity contribution in [3.05, 3.63) is 0 Å². The van der Waals surface area contributed by atoms with Gasteiger partial charge in [-0.3, -0.25) is 9.59 Å². The summed E-state index contributed by atoms with van der Waals surface area (Å²) in [5.74, 6) is -2.33. The molecule has 0 aromatic heterocycles. The molecule has 0 heterocycles. The molecule has 0 spiro atoms. The van der Waals surface area contributed by atoms with Crippen molar-refractivity contribution in [2.75, 3.05) is 85.8 Å². The van der Waals surface area contributed by atoms with Crippen molar-refractivity contribution in [3.63, 3.8) is 0 Å². The maximum absolute atomic E-state index is 11.7. The quantitative estimate of drug-likeness (QED) is 0.0969. The lowest BCUT2D eigenvalue weighted by atomic mass is 10.1. The molecule has 0 saturated carbocycles. The van der Waals surface area contributed by atoms with E-state index in [4.69, 9.17) is 45.0 Å². The molecule has 6 N–H and O–H groups in total. The maximum atomic E-state index is 11.7. The standard InChI is InChI=1S/C20H39N3O10.2H2S/c21-4-6-29-8-10-31-12-14-33-16-15-32-13-11-30-9-7-28-5-3-19(25)23-17(20(26)27)1-2-18(22)24;;/h17H,1-16,21H2,(H2,22,24)(H,23,25)(H,26,27);2*1H2. The summed E-state index contributed by atoms with van der Waals surface area (Å²) in [7, 11) is 0. The molecule has 35 heavy (non-hydrogen) atoms. The summed E-state index contributed by atoms with van der Waals surface area (Å²) < 4.78 is 31.8. The van der Waals surface area contributed by atoms with Gasteiger partial charge in [0.2, 0.25) is 11.8 Å². The van der Waals surface area contributed by atoms with E-state index < -0.39 is 23.8 Å². The highest BCUT2D eigenvalue weighted by molar-refractivity contribution is 7.59. The molecule has 0 aliphatic carbocycles. The van der Waals surface area contributed by atoms with Gasteiger partial charge in [-0.05, 0) is 6.42 Å². The van der Waals surface area contributed by atoms with Crippen LogP contribution in [0.4, 0.5) is 0 Å². The van der Waals surface area contributed by atoms with E-state index in [1.165, 1.54) is 0 Å². The van der Waals surface area contributed by atoms with Gasteiger partial charge in [-0.1, -0.05) is 0 Å². The Morgan fingerprint density at radius 2 is 1.03 bits per heavy atom. The fraction of sp³-hybridized carbons (Fsp3) is 0.850. The summed E-state index contributed by atoms with van der Waals surface area (Å²) in [6.45, 7) is 5.52. The normalized spacial score (nSPS) is 11.2. The Bertz CT molecular complexity index is 522. The zero-order valence-corrected chi connectivity index (χ0v) is 22.2. The zero-order valence-electron chi connectivity index (χ0n) is 20.2. The van der Waals surface area contributed by atoms with Gasteiger partial charge in [0.25, 0.3) is 0 Å². The molecule has 210 valence electrons. The van der Waals surface area contributed by atoms with Crippen LogP contribution in [0.3, 0.4) is 0 Å². The summed E-state index contributed by atoms with van der Waals surface area (Å²) >= 11 is 0. The van der Waals surface area contributed by atoms with Crippen molar-refractivity contribution in [1.29, 1.82) is 0 Å². The number of amides is 2. The Morgan fingerprint density at radius 1 is 0.657 bits per heavy atom. The molecule has 0 aliphatic heterocycles. The van der Waals surface area contributed by atoms with Crippen LogP contribution < -0.4 is 16.8 Å². The van der Waals surface area contributed by atoms with Crippen molar-refractivity contribution in [2.24, 2.45) is 11.5 Å². The van der Waals surface area contributed by atoms with Crippen LogP contribution >= 0.6 is 27.0 Å². The molecular weight excluding hydrogens is 506 g/mol. The average molecular weight is 550 g/mol. The first kappa shape index (κ1) is 38.4. The highest BCUT2D eigenvalue weighted by Crippen LogP contribution is 1.98. The van der Waals surface area contributed by atoms with E-state index in [1.54, 1.807) is 0 Å². The van der Waals surface area contributed by atoms with E-state index in [9.17, 15) is 14.4 Å². The lowest BCUT2D eigenvalue weighted by Crippen LogP contribution is -2.41. The van der Waals surface area contributed by atoms with Crippen molar-refractivity contribution in [1.82, 2.24) is 5.32 Å². The smallest absolute Gasteiger partial charge is 0.326 e. The first-order valence-corrected chi connectivity index (χ1v) is 10.9. The monoisotopic (exact) mass is 549 g/mol. The number of carboxylic acids is 1. The van der Waals surface area contributed by atoms with E-state index in [-0.39, 0.29) is 59.5 Å². The van der Waals surface area contributed by atoms with E-state index in [0.29, 0.717) is 72.6 Å². The minimum absolute atomic E-state index is 0. The molecule has 0 aromatic rings. The summed E-state index contributed by atoms with van der Waals surface area (Å²) in [4.78, 5) is 33.5. The maximum Gasteiger partial charge on any atom is 0.326 e. The summed E-state index contributed by atoms with van der Waals surface area (Å²) in [6, 6.07) is -1.15. The molecule has 2 amide bonds. The van der Waals surface area contributed by atoms with Gasteiger partial charge in [-0.25, -0.2) is 4.79 Å². The van der Waals surface area contributed by atoms with Crippen LogP contribution in [-0.2, 0) is 42.8 Å². The number of carboxylic acid groups (broad SMARTS) is 1. The predicted octanol–water partition coefficient (Wildman–Crippen LogP) is -1.50. The Kier molecular flexibility index (Phi) is 31.9. The number of hydrogen-bond acceptors (Lipinski definition) is 10. The van der Waals surface area contributed by atoms with E-state index >= 15 is 0 Å². The number of rotatable bonds is 25. The molecule has 13 nitrogen and oxygen atoms in total. The molecule has 0 aliphatic rings. The van der Waals surface area contributed by atoms with E-state index in [2.05, 4.69) is 5.32 Å². The Hall–Kier alpha value is -1.17. The van der Waals surface area contributed by atoms with E-state index in [1.807, 2.05) is 0 Å². The minimum atomic E-state index is -1.22. The largest absolute Gasteiger partial charge is 0.480 e. The molecular formula is C20H43N3O10S2. The van der Waals surface area contributed by atoms with Gasteiger partial charge in [0.05, 0.1) is 79.3 Å². The fourth-order valence-electron chi connectivity index (χ4n) is 2.26. The zero-order chi connectivity index (χ0) is 24.6. The van der Waals surface area contributed by atoms with Gasteiger partial charge in [-0.15, -0.1) is 0 Å². The second-order valence-corrected chi connectivity index (χ2v) is 6.68. The number of nitrogens with two attached hydrogens (primary N) is 2. The van der Waals surface area contributed by atoms with Crippen LogP contribution in [0.5, 0.6) is 0 Å². The van der Waals surface area contributed by atoms with Crippen molar-refractivity contribution < 1.29 is 47.9 Å². The topological polar surface area (TPSA) is 191 Å². The molecule has 0 saturated heterocycles. The molecule has 0 bridgehead atoms. The lowest BCUT2D eigenvalue weighted by Gasteiger charge is -2.13. The molecule has 0 radical (unpaired) electrons. The Morgan fingerprint density at radius 3 is 1.37 bits per heavy atom. The number of carbonyl (C=O) groups excluding carboxylic acids is 2. The number of nitrogens with one attached hydrogen (secondary N) is 1. The Labute approximate surface area is 220 Å². The SMILES string of the molecule is NCCOCCOCCOCCOCCOCCOCCC(=O)NC(CCC(N)=O)C(=O)O.S.S. The predicted molar refractivity (Wildman–Crippen MR) is 137 cm³/mol. The van der Waals surface area contributed by atoms with Gasteiger partial charge >= 0.3 is 5.97 Å². The second-order valence-electron chi connectivity index (χ2n) is 6.68. The van der Waals surface area contributed by atoms with E-state index in [0.717, 1.165) is 0 Å². The highest BCUT2D eigenvalue weighted by Gasteiger charge is 2.20. The first-order chi connectivity index (χ1) is 16.0. The van der Waals surface area contributed by atoms with Crippen LogP contribution in [-0.4, -0.2) is 115 Å². The van der Waals surface area contributed by atoms with Gasteiger partial charge in [0, 0.05) is 19.4 Å². The number of hydrogen-bond donors (Lipinski definition) is 4. The third-order valence-corrected chi connectivity index (χ3v) is 3.91. The molecule has 0 fully saturated rings. The lowest BCUT2D eigenvalue weighted by molar-refractivity contribution is -0.142. The molecule has 1 unspecified atom stereocenters. The van der Waals surface area contributed by atoms with Gasteiger partial charge in [0.15, 0.2) is 0 Å². The summed E-state index contributed by atoms with van der Waals surface area (Å²) in [5.41, 5.74) is 10.3. The van der Waals surface area contributed by atoms with Crippen LogP contribution in [0.1, 0.15) is 19.3 Å². The average Bonchev–Trinajstić information content (AvgIpc) is 2.77. The Balaban J connectivity index is -0.00000512. The molecule has 0 rings (SSSR count). The van der Waals surface area contributed by atoms with Gasteiger partial charge in [-0.2, -0.15) is 27.0 Å². The second kappa shape index (κ2) is 29.1. The molecule has 0 aromatic carbocycles. The first-order valence-electron chi connectivity index (χ1n) is 10.9. The molecule has 1 atom stereocenters. The number of aliphatic carboxylic acids is 1. The van der Waals surface area contributed by atoms with Crippen molar-refractivity contribution >= 4 is 44.8 Å². The van der Waals surface area contributed by atoms with Crippen molar-refractivity contribution in [2.45, 2.75) is 25.3 Å². The summed E-state index contributed by atoms with van der Waals surface area (Å²) in [6.07, 6.45) is -0.181. The minimum Gasteiger partial charge on any atom is -0.480 e. The summed E-state index contributed by atoms with van der Waals surface area (Å²) in [5, 5.41) is 11.4.